The van der Waals surface area contributed by atoms with Crippen molar-refractivity contribution in [2.45, 2.75) is 13.5 Å². The molecule has 0 saturated carbocycles. The Morgan fingerprint density at radius 3 is 2.46 bits per heavy atom. The molecule has 0 radical (unpaired) electrons. The Kier molecular flexibility index (Phi) is 6.90. The third-order valence-electron chi connectivity index (χ3n) is 3.36. The second kappa shape index (κ2) is 9.14. The minimum Gasteiger partial charge on any atom is -0.490 e. The van der Waals surface area contributed by atoms with E-state index in [2.05, 4.69) is 0 Å². The number of aliphatic carboxylic acids is 1. The van der Waals surface area contributed by atoms with Crippen LogP contribution in [0, 0.1) is 11.3 Å². The fraction of sp³-hybridized carbons (Fsp3) is 0.158. The molecule has 0 aromatic heterocycles. The Morgan fingerprint density at radius 2 is 1.88 bits per heavy atom. The predicted molar refractivity (Wildman–Crippen MR) is 99.6 cm³/mol. The Balaban J connectivity index is 2.29. The van der Waals surface area contributed by atoms with E-state index in [4.69, 9.17) is 43.0 Å². The van der Waals surface area contributed by atoms with Crippen LogP contribution in [0.5, 0.6) is 11.5 Å². The van der Waals surface area contributed by atoms with Crippen molar-refractivity contribution in [1.29, 1.82) is 5.26 Å². The zero-order valence-corrected chi connectivity index (χ0v) is 15.3. The first-order valence-corrected chi connectivity index (χ1v) is 8.39. The van der Waals surface area contributed by atoms with E-state index in [-0.39, 0.29) is 12.2 Å². The molecule has 7 heteroatoms. The fourth-order valence-corrected chi connectivity index (χ4v) is 2.64. The number of benzene rings is 2. The van der Waals surface area contributed by atoms with Crippen LogP contribution < -0.4 is 9.47 Å². The van der Waals surface area contributed by atoms with Gasteiger partial charge in [-0.2, -0.15) is 5.26 Å². The zero-order chi connectivity index (χ0) is 19.1. The summed E-state index contributed by atoms with van der Waals surface area (Å²) in [6.07, 6.45) is 1.26. The number of carboxylic acids is 1. The Hall–Kier alpha value is -2.68. The third kappa shape index (κ3) is 4.92. The van der Waals surface area contributed by atoms with E-state index in [1.807, 2.05) is 6.92 Å². The number of ether oxygens (including phenoxy) is 2. The highest BCUT2D eigenvalue weighted by Gasteiger charge is 2.11. The summed E-state index contributed by atoms with van der Waals surface area (Å²) in [5.41, 5.74) is 0.791. The van der Waals surface area contributed by atoms with Crippen LogP contribution in [0.2, 0.25) is 10.0 Å². The van der Waals surface area contributed by atoms with Crippen LogP contribution in [0.1, 0.15) is 18.1 Å². The van der Waals surface area contributed by atoms with Crippen molar-refractivity contribution >= 4 is 35.2 Å². The van der Waals surface area contributed by atoms with Gasteiger partial charge in [-0.05, 0) is 42.8 Å². The van der Waals surface area contributed by atoms with Crippen molar-refractivity contribution in [3.8, 4) is 17.6 Å². The van der Waals surface area contributed by atoms with Crippen LogP contribution in [0.4, 0.5) is 0 Å². The van der Waals surface area contributed by atoms with E-state index in [0.29, 0.717) is 39.3 Å². The van der Waals surface area contributed by atoms with Gasteiger partial charge in [-0.25, -0.2) is 4.79 Å². The number of carboxylic acid groups (broad SMARTS) is 1. The fourth-order valence-electron chi connectivity index (χ4n) is 2.13. The molecule has 0 bridgehead atoms. The molecular weight excluding hydrogens is 377 g/mol. The average Bonchev–Trinajstić information content (AvgIpc) is 2.60. The van der Waals surface area contributed by atoms with E-state index >= 15 is 0 Å². The van der Waals surface area contributed by atoms with Gasteiger partial charge in [-0.1, -0.05) is 35.3 Å². The first-order chi connectivity index (χ1) is 12.5. The highest BCUT2D eigenvalue weighted by atomic mass is 35.5. The van der Waals surface area contributed by atoms with Gasteiger partial charge in [0.15, 0.2) is 11.5 Å². The zero-order valence-electron chi connectivity index (χ0n) is 13.8. The van der Waals surface area contributed by atoms with E-state index in [1.165, 1.54) is 6.08 Å². The highest BCUT2D eigenvalue weighted by Crippen LogP contribution is 2.32. The summed E-state index contributed by atoms with van der Waals surface area (Å²) in [4.78, 5) is 11.0. The van der Waals surface area contributed by atoms with E-state index in [1.54, 1.807) is 42.5 Å². The number of nitriles is 1. The highest BCUT2D eigenvalue weighted by molar-refractivity contribution is 6.35. The number of carbonyl (C=O) groups is 1. The summed E-state index contributed by atoms with van der Waals surface area (Å²) in [7, 11) is 0. The molecule has 0 heterocycles. The maximum atomic E-state index is 11.0. The SMILES string of the molecule is CCOc1cc(/C=C(\C#N)C(=O)O)ccc1OCc1c(Cl)cccc1Cl. The largest absolute Gasteiger partial charge is 0.490 e. The molecule has 0 saturated heterocycles. The molecule has 0 amide bonds. The van der Waals surface area contributed by atoms with E-state index in [9.17, 15) is 4.79 Å². The van der Waals surface area contributed by atoms with Crippen LogP contribution in [0.15, 0.2) is 42.0 Å². The van der Waals surface area contributed by atoms with Gasteiger partial charge in [0.2, 0.25) is 0 Å². The van der Waals surface area contributed by atoms with Gasteiger partial charge in [0.05, 0.1) is 6.61 Å². The summed E-state index contributed by atoms with van der Waals surface area (Å²) in [6.45, 7) is 2.35. The monoisotopic (exact) mass is 391 g/mol. The van der Waals surface area contributed by atoms with Crippen LogP contribution in [0.3, 0.4) is 0 Å². The number of nitrogens with zero attached hydrogens (tertiary/aromatic N) is 1. The number of hydrogen-bond donors (Lipinski definition) is 1. The van der Waals surface area contributed by atoms with Gasteiger partial charge in [0.25, 0.3) is 0 Å². The lowest BCUT2D eigenvalue weighted by molar-refractivity contribution is -0.132. The van der Waals surface area contributed by atoms with Crippen LogP contribution >= 0.6 is 23.2 Å². The lowest BCUT2D eigenvalue weighted by Gasteiger charge is -2.14. The second-order valence-electron chi connectivity index (χ2n) is 5.10. The van der Waals surface area contributed by atoms with Gasteiger partial charge in [0, 0.05) is 15.6 Å². The molecule has 0 spiro atoms. The van der Waals surface area contributed by atoms with Crippen molar-refractivity contribution < 1.29 is 19.4 Å². The predicted octanol–water partition coefficient (Wildman–Crippen LogP) is 4.96. The molecular formula is C19H15Cl2NO4. The maximum absolute atomic E-state index is 11.0. The Labute approximate surface area is 161 Å². The van der Waals surface area contributed by atoms with Crippen LogP contribution in [-0.4, -0.2) is 17.7 Å². The number of halogens is 2. The lowest BCUT2D eigenvalue weighted by atomic mass is 10.1. The molecule has 0 fully saturated rings. The van der Waals surface area contributed by atoms with Crippen LogP contribution in [-0.2, 0) is 11.4 Å². The van der Waals surface area contributed by atoms with E-state index < -0.39 is 5.97 Å². The number of rotatable bonds is 7. The smallest absolute Gasteiger partial charge is 0.346 e. The Morgan fingerprint density at radius 1 is 1.19 bits per heavy atom. The molecule has 0 aliphatic rings. The van der Waals surface area contributed by atoms with Crippen molar-refractivity contribution in [3.05, 3.63) is 63.1 Å². The normalized spacial score (nSPS) is 10.9. The summed E-state index contributed by atoms with van der Waals surface area (Å²) >= 11 is 12.3. The molecule has 134 valence electrons. The molecule has 26 heavy (non-hydrogen) atoms. The minimum atomic E-state index is -1.29. The molecule has 2 rings (SSSR count). The third-order valence-corrected chi connectivity index (χ3v) is 4.07. The van der Waals surface area contributed by atoms with Crippen molar-refractivity contribution in [2.24, 2.45) is 0 Å². The summed E-state index contributed by atoms with van der Waals surface area (Å²) in [5.74, 6) is -0.417. The van der Waals surface area contributed by atoms with Gasteiger partial charge in [0.1, 0.15) is 18.2 Å². The van der Waals surface area contributed by atoms with Crippen molar-refractivity contribution in [1.82, 2.24) is 0 Å². The standard InChI is InChI=1S/C19H15Cl2NO4/c1-2-25-18-9-12(8-13(10-22)19(23)24)6-7-17(18)26-11-14-15(20)4-3-5-16(14)21/h3-9H,2,11H2,1H3,(H,23,24)/b13-8+. The summed E-state index contributed by atoms with van der Waals surface area (Å²) in [6, 6.07) is 11.7. The van der Waals surface area contributed by atoms with Crippen molar-refractivity contribution in [2.75, 3.05) is 6.61 Å². The van der Waals surface area contributed by atoms with Crippen molar-refractivity contribution in [3.63, 3.8) is 0 Å². The molecule has 2 aromatic carbocycles. The molecule has 2 aromatic rings. The second-order valence-corrected chi connectivity index (χ2v) is 5.92. The summed E-state index contributed by atoms with van der Waals surface area (Å²) < 4.78 is 11.3. The maximum Gasteiger partial charge on any atom is 0.346 e. The molecule has 0 aliphatic heterocycles. The van der Waals surface area contributed by atoms with Gasteiger partial charge in [-0.3, -0.25) is 0 Å². The topological polar surface area (TPSA) is 79.5 Å². The average molecular weight is 392 g/mol. The minimum absolute atomic E-state index is 0.145. The van der Waals surface area contributed by atoms with Gasteiger partial charge in [-0.15, -0.1) is 0 Å². The first kappa shape index (κ1) is 19.6. The Bertz CT molecular complexity index is 867. The van der Waals surface area contributed by atoms with E-state index in [0.717, 1.165) is 0 Å². The molecule has 0 atom stereocenters. The molecule has 0 unspecified atom stereocenters. The van der Waals surface area contributed by atoms with Gasteiger partial charge >= 0.3 is 5.97 Å². The number of hydrogen-bond acceptors (Lipinski definition) is 4. The van der Waals surface area contributed by atoms with Crippen LogP contribution in [0.25, 0.3) is 6.08 Å². The summed E-state index contributed by atoms with van der Waals surface area (Å²) in [5, 5.41) is 18.8. The molecule has 1 N–H and O–H groups in total. The first-order valence-electron chi connectivity index (χ1n) is 7.63. The lowest BCUT2D eigenvalue weighted by Crippen LogP contribution is -2.01. The van der Waals surface area contributed by atoms with Gasteiger partial charge < -0.3 is 14.6 Å². The quantitative estimate of drug-likeness (QED) is 0.532. The molecule has 0 aliphatic carbocycles. The molecule has 5 nitrogen and oxygen atoms in total.